The molecule has 0 heterocycles. The van der Waals surface area contributed by atoms with Gasteiger partial charge in [-0.2, -0.15) is 8.78 Å². The zero-order chi connectivity index (χ0) is 17.7. The largest absolute Gasteiger partial charge is 0.493 e. The lowest BCUT2D eigenvalue weighted by Crippen LogP contribution is -2.51. The van der Waals surface area contributed by atoms with Gasteiger partial charge in [0.25, 0.3) is 5.91 Å². The Morgan fingerprint density at radius 1 is 1.24 bits per heavy atom. The molecule has 142 valence electrons. The highest BCUT2D eigenvalue weighted by Crippen LogP contribution is 2.40. The van der Waals surface area contributed by atoms with Crippen LogP contribution in [0, 0.1) is 0 Å². The number of benzene rings is 1. The first kappa shape index (κ1) is 21.2. The maximum Gasteiger partial charge on any atom is 0.387 e. The van der Waals surface area contributed by atoms with Crippen LogP contribution < -0.4 is 25.3 Å². The van der Waals surface area contributed by atoms with Gasteiger partial charge in [-0.05, 0) is 25.0 Å². The molecule has 0 aromatic heterocycles. The third-order valence-corrected chi connectivity index (χ3v) is 4.26. The standard InChI is InChI=1S/C16H22F2N2O4.ClH/c1-22-11-7-10(8-12(23-2)13(11)24-15(17)18)14(21)20-16(9-19)5-3-4-6-16;/h7-8,15H,3-6,9,19H2,1-2H3,(H,20,21);1H. The quantitative estimate of drug-likeness (QED) is 0.760. The summed E-state index contributed by atoms with van der Waals surface area (Å²) >= 11 is 0. The molecule has 1 saturated carbocycles. The summed E-state index contributed by atoms with van der Waals surface area (Å²) in [6, 6.07) is 2.68. The normalized spacial score (nSPS) is 15.4. The summed E-state index contributed by atoms with van der Waals surface area (Å²) in [6.45, 7) is -2.69. The van der Waals surface area contributed by atoms with Crippen molar-refractivity contribution < 1.29 is 27.8 Å². The van der Waals surface area contributed by atoms with E-state index in [4.69, 9.17) is 15.2 Å². The monoisotopic (exact) mass is 380 g/mol. The SMILES string of the molecule is COc1cc(C(=O)NC2(CN)CCCC2)cc(OC)c1OC(F)F.Cl. The molecule has 1 aromatic carbocycles. The minimum absolute atomic E-state index is 0. The predicted octanol–water partition coefficient (Wildman–Crippen LogP) is 2.73. The van der Waals surface area contributed by atoms with Gasteiger partial charge in [-0.15, -0.1) is 12.4 Å². The minimum Gasteiger partial charge on any atom is -0.493 e. The van der Waals surface area contributed by atoms with Gasteiger partial charge in [0.05, 0.1) is 19.8 Å². The van der Waals surface area contributed by atoms with E-state index in [1.807, 2.05) is 0 Å². The van der Waals surface area contributed by atoms with Gasteiger partial charge in [0.2, 0.25) is 5.75 Å². The number of rotatable bonds is 7. The molecule has 1 aromatic rings. The molecule has 0 saturated heterocycles. The number of nitrogens with two attached hydrogens (primary N) is 1. The molecule has 3 N–H and O–H groups in total. The number of halogens is 3. The molecule has 0 bridgehead atoms. The van der Waals surface area contributed by atoms with Crippen molar-refractivity contribution in [3.05, 3.63) is 17.7 Å². The van der Waals surface area contributed by atoms with Crippen molar-refractivity contribution >= 4 is 18.3 Å². The first-order valence-electron chi connectivity index (χ1n) is 7.68. The first-order valence-corrected chi connectivity index (χ1v) is 7.68. The molecule has 0 spiro atoms. The Morgan fingerprint density at radius 2 is 1.76 bits per heavy atom. The molecule has 2 rings (SSSR count). The lowest BCUT2D eigenvalue weighted by atomic mass is 9.97. The van der Waals surface area contributed by atoms with Gasteiger partial charge in [-0.1, -0.05) is 12.8 Å². The van der Waals surface area contributed by atoms with E-state index in [-0.39, 0.29) is 41.1 Å². The fraction of sp³-hybridized carbons (Fsp3) is 0.562. The van der Waals surface area contributed by atoms with Gasteiger partial charge in [0, 0.05) is 12.1 Å². The van der Waals surface area contributed by atoms with Crippen LogP contribution >= 0.6 is 12.4 Å². The number of amides is 1. The topological polar surface area (TPSA) is 82.8 Å². The van der Waals surface area contributed by atoms with E-state index in [2.05, 4.69) is 10.1 Å². The van der Waals surface area contributed by atoms with Crippen LogP contribution in [0.15, 0.2) is 12.1 Å². The Hall–Kier alpha value is -1.80. The summed E-state index contributed by atoms with van der Waals surface area (Å²) in [5, 5.41) is 2.96. The summed E-state index contributed by atoms with van der Waals surface area (Å²) in [4.78, 5) is 12.6. The summed E-state index contributed by atoms with van der Waals surface area (Å²) in [5.74, 6) is -0.621. The third-order valence-electron chi connectivity index (χ3n) is 4.26. The second-order valence-electron chi connectivity index (χ2n) is 5.73. The van der Waals surface area contributed by atoms with Crippen molar-refractivity contribution in [2.24, 2.45) is 5.73 Å². The van der Waals surface area contributed by atoms with Gasteiger partial charge in [-0.3, -0.25) is 4.79 Å². The van der Waals surface area contributed by atoms with Crippen LogP contribution in [0.1, 0.15) is 36.0 Å². The van der Waals surface area contributed by atoms with Crippen molar-refractivity contribution in [1.29, 1.82) is 0 Å². The molecule has 0 unspecified atom stereocenters. The molecule has 0 radical (unpaired) electrons. The summed E-state index contributed by atoms with van der Waals surface area (Å²) in [5.41, 5.74) is 5.62. The minimum atomic E-state index is -3.04. The summed E-state index contributed by atoms with van der Waals surface area (Å²) < 4.78 is 39.7. The second kappa shape index (κ2) is 9.05. The summed E-state index contributed by atoms with van der Waals surface area (Å²) in [6.07, 6.45) is 3.64. The zero-order valence-corrected chi connectivity index (χ0v) is 15.0. The zero-order valence-electron chi connectivity index (χ0n) is 14.1. The second-order valence-corrected chi connectivity index (χ2v) is 5.73. The van der Waals surface area contributed by atoms with Crippen LogP contribution in [0.3, 0.4) is 0 Å². The van der Waals surface area contributed by atoms with E-state index in [0.717, 1.165) is 25.7 Å². The van der Waals surface area contributed by atoms with Crippen molar-refractivity contribution in [3.8, 4) is 17.2 Å². The molecular weight excluding hydrogens is 358 g/mol. The van der Waals surface area contributed by atoms with Crippen LogP contribution in [0.25, 0.3) is 0 Å². The lowest BCUT2D eigenvalue weighted by Gasteiger charge is -2.29. The Labute approximate surface area is 151 Å². The van der Waals surface area contributed by atoms with Crippen molar-refractivity contribution in [2.45, 2.75) is 37.8 Å². The molecule has 0 atom stereocenters. The van der Waals surface area contributed by atoms with Crippen LogP contribution in [-0.4, -0.2) is 38.8 Å². The highest BCUT2D eigenvalue weighted by molar-refractivity contribution is 5.96. The number of hydrogen-bond donors (Lipinski definition) is 2. The van der Waals surface area contributed by atoms with E-state index < -0.39 is 12.2 Å². The average molecular weight is 381 g/mol. The fourth-order valence-corrected chi connectivity index (χ4v) is 2.96. The highest BCUT2D eigenvalue weighted by atomic mass is 35.5. The van der Waals surface area contributed by atoms with Crippen molar-refractivity contribution in [3.63, 3.8) is 0 Å². The molecular formula is C16H23ClF2N2O4. The molecule has 1 aliphatic carbocycles. The van der Waals surface area contributed by atoms with Gasteiger partial charge in [0.15, 0.2) is 11.5 Å². The smallest absolute Gasteiger partial charge is 0.387 e. The molecule has 6 nitrogen and oxygen atoms in total. The molecule has 1 fully saturated rings. The number of methoxy groups -OCH3 is 2. The van der Waals surface area contributed by atoms with Gasteiger partial charge in [0.1, 0.15) is 0 Å². The first-order chi connectivity index (χ1) is 11.4. The van der Waals surface area contributed by atoms with Crippen molar-refractivity contribution in [1.82, 2.24) is 5.32 Å². The van der Waals surface area contributed by atoms with E-state index in [1.54, 1.807) is 0 Å². The van der Waals surface area contributed by atoms with E-state index in [9.17, 15) is 13.6 Å². The van der Waals surface area contributed by atoms with E-state index in [1.165, 1.54) is 26.4 Å². The van der Waals surface area contributed by atoms with E-state index in [0.29, 0.717) is 6.54 Å². The van der Waals surface area contributed by atoms with Crippen LogP contribution in [-0.2, 0) is 0 Å². The van der Waals surface area contributed by atoms with Crippen LogP contribution in [0.5, 0.6) is 17.2 Å². The Kier molecular flexibility index (Phi) is 7.69. The van der Waals surface area contributed by atoms with Gasteiger partial charge in [-0.25, -0.2) is 0 Å². The Morgan fingerprint density at radius 3 is 2.16 bits per heavy atom. The Balaban J connectivity index is 0.00000312. The number of alkyl halides is 2. The van der Waals surface area contributed by atoms with E-state index >= 15 is 0 Å². The molecule has 0 aliphatic heterocycles. The van der Waals surface area contributed by atoms with Gasteiger partial charge < -0.3 is 25.3 Å². The highest BCUT2D eigenvalue weighted by Gasteiger charge is 2.34. The number of carbonyl (C=O) groups excluding carboxylic acids is 1. The van der Waals surface area contributed by atoms with Crippen molar-refractivity contribution in [2.75, 3.05) is 20.8 Å². The lowest BCUT2D eigenvalue weighted by molar-refractivity contribution is -0.0526. The number of nitrogens with one attached hydrogen (secondary N) is 1. The molecule has 25 heavy (non-hydrogen) atoms. The third kappa shape index (κ3) is 4.85. The molecule has 9 heteroatoms. The average Bonchev–Trinajstić information content (AvgIpc) is 3.03. The maximum atomic E-state index is 12.6. The number of carbonyl (C=O) groups is 1. The molecule has 1 aliphatic rings. The summed E-state index contributed by atoms with van der Waals surface area (Å²) in [7, 11) is 2.60. The number of ether oxygens (including phenoxy) is 3. The Bertz CT molecular complexity index is 570. The van der Waals surface area contributed by atoms with Gasteiger partial charge >= 0.3 is 6.61 Å². The fourth-order valence-electron chi connectivity index (χ4n) is 2.96. The molecule has 1 amide bonds. The van der Waals surface area contributed by atoms with Crippen LogP contribution in [0.4, 0.5) is 8.78 Å². The maximum absolute atomic E-state index is 12.6. The number of hydrogen-bond acceptors (Lipinski definition) is 5. The van der Waals surface area contributed by atoms with Crippen LogP contribution in [0.2, 0.25) is 0 Å². The predicted molar refractivity (Wildman–Crippen MR) is 91.1 cm³/mol.